The highest BCUT2D eigenvalue weighted by Gasteiger charge is 2.13. The Labute approximate surface area is 142 Å². The van der Waals surface area contributed by atoms with Crippen LogP contribution < -0.4 is 5.32 Å². The lowest BCUT2D eigenvalue weighted by Gasteiger charge is -2.11. The third-order valence-corrected chi connectivity index (χ3v) is 3.31. The number of nitrogens with one attached hydrogen (secondary N) is 1. The monoisotopic (exact) mass is 338 g/mol. The molecule has 0 aliphatic carbocycles. The maximum absolute atomic E-state index is 12.0. The largest absolute Gasteiger partial charge is 0.476 e. The van der Waals surface area contributed by atoms with E-state index in [1.165, 1.54) is 10.9 Å². The third kappa shape index (κ3) is 3.99. The van der Waals surface area contributed by atoms with E-state index < -0.39 is 12.1 Å². The van der Waals surface area contributed by atoms with Gasteiger partial charge in [0.05, 0.1) is 17.6 Å². The fourth-order valence-electron chi connectivity index (χ4n) is 2.13. The zero-order valence-electron chi connectivity index (χ0n) is 13.0. The lowest BCUT2D eigenvalue weighted by molar-refractivity contribution is 0.0690. The number of carbonyl (C=O) groups is 2. The first kappa shape index (κ1) is 16.2. The molecule has 25 heavy (non-hydrogen) atoms. The summed E-state index contributed by atoms with van der Waals surface area (Å²) in [5.74, 6) is -1.18. The van der Waals surface area contributed by atoms with Crippen molar-refractivity contribution in [3.63, 3.8) is 0 Å². The van der Waals surface area contributed by atoms with Gasteiger partial charge in [0.15, 0.2) is 5.69 Å². The van der Waals surface area contributed by atoms with Crippen LogP contribution in [0.1, 0.15) is 16.1 Å². The Hall–Kier alpha value is -3.68. The van der Waals surface area contributed by atoms with E-state index in [2.05, 4.69) is 15.6 Å². The topological polar surface area (TPSA) is 106 Å². The van der Waals surface area contributed by atoms with Gasteiger partial charge in [-0.15, -0.1) is 5.10 Å². The highest BCUT2D eigenvalue weighted by Crippen LogP contribution is 2.19. The maximum atomic E-state index is 12.0. The molecule has 0 unspecified atom stereocenters. The molecule has 2 aromatic carbocycles. The van der Waals surface area contributed by atoms with Crippen molar-refractivity contribution in [2.24, 2.45) is 0 Å². The molecule has 3 rings (SSSR count). The first-order valence-electron chi connectivity index (χ1n) is 7.36. The van der Waals surface area contributed by atoms with E-state index in [0.29, 0.717) is 11.4 Å². The minimum atomic E-state index is -1.18. The van der Waals surface area contributed by atoms with Crippen molar-refractivity contribution < 1.29 is 19.4 Å². The molecule has 0 fully saturated rings. The molecule has 0 radical (unpaired) electrons. The van der Waals surface area contributed by atoms with Crippen molar-refractivity contribution in [2.45, 2.75) is 6.61 Å². The number of carboxylic acid groups (broad SMARTS) is 1. The molecule has 8 heteroatoms. The van der Waals surface area contributed by atoms with Gasteiger partial charge < -0.3 is 9.84 Å². The highest BCUT2D eigenvalue weighted by molar-refractivity contribution is 5.88. The number of rotatable bonds is 5. The van der Waals surface area contributed by atoms with Crippen molar-refractivity contribution in [3.8, 4) is 5.69 Å². The van der Waals surface area contributed by atoms with Gasteiger partial charge in [-0.25, -0.2) is 14.3 Å². The molecule has 0 spiro atoms. The molecule has 1 heterocycles. The molecular weight excluding hydrogens is 324 g/mol. The Morgan fingerprint density at radius 1 is 1.08 bits per heavy atom. The van der Waals surface area contributed by atoms with Gasteiger partial charge in [-0.2, -0.15) is 0 Å². The number of hydrogen-bond acceptors (Lipinski definition) is 5. The number of aromatic carboxylic acids is 1. The molecule has 0 aliphatic heterocycles. The first-order valence-corrected chi connectivity index (χ1v) is 7.36. The predicted octanol–water partition coefficient (Wildman–Crippen LogP) is 2.71. The van der Waals surface area contributed by atoms with Gasteiger partial charge in [0.1, 0.15) is 6.61 Å². The fourth-order valence-corrected chi connectivity index (χ4v) is 2.13. The van der Waals surface area contributed by atoms with Crippen molar-refractivity contribution in [3.05, 3.63) is 72.1 Å². The zero-order chi connectivity index (χ0) is 17.6. The smallest absolute Gasteiger partial charge is 0.412 e. The average molecular weight is 338 g/mol. The Kier molecular flexibility index (Phi) is 4.70. The van der Waals surface area contributed by atoms with Crippen LogP contribution in [0.5, 0.6) is 0 Å². The normalized spacial score (nSPS) is 10.2. The van der Waals surface area contributed by atoms with Crippen LogP contribution in [0.2, 0.25) is 0 Å². The van der Waals surface area contributed by atoms with Gasteiger partial charge in [0.25, 0.3) is 0 Å². The Morgan fingerprint density at radius 2 is 1.80 bits per heavy atom. The molecular formula is C17H14N4O4. The summed E-state index contributed by atoms with van der Waals surface area (Å²) in [5.41, 5.74) is 1.57. The zero-order valence-corrected chi connectivity index (χ0v) is 13.0. The van der Waals surface area contributed by atoms with E-state index in [-0.39, 0.29) is 12.3 Å². The number of para-hydroxylation sites is 2. The maximum Gasteiger partial charge on any atom is 0.412 e. The van der Waals surface area contributed by atoms with Crippen LogP contribution in [0.15, 0.2) is 60.8 Å². The van der Waals surface area contributed by atoms with Gasteiger partial charge in [0, 0.05) is 0 Å². The molecule has 0 atom stereocenters. The van der Waals surface area contributed by atoms with Crippen LogP contribution in [0.25, 0.3) is 5.69 Å². The summed E-state index contributed by atoms with van der Waals surface area (Å²) in [4.78, 5) is 22.9. The van der Waals surface area contributed by atoms with Crippen molar-refractivity contribution in [2.75, 3.05) is 5.32 Å². The van der Waals surface area contributed by atoms with Crippen LogP contribution in [0.3, 0.4) is 0 Å². The summed E-state index contributed by atoms with van der Waals surface area (Å²) in [6.45, 7) is 0.140. The van der Waals surface area contributed by atoms with Crippen molar-refractivity contribution >= 4 is 17.7 Å². The number of aromatic nitrogens is 3. The van der Waals surface area contributed by atoms with Gasteiger partial charge in [-0.3, -0.25) is 5.32 Å². The van der Waals surface area contributed by atoms with Gasteiger partial charge in [-0.05, 0) is 17.7 Å². The van der Waals surface area contributed by atoms with E-state index in [1.807, 2.05) is 30.3 Å². The van der Waals surface area contributed by atoms with E-state index in [1.54, 1.807) is 24.3 Å². The molecule has 1 aromatic heterocycles. The first-order chi connectivity index (χ1) is 12.1. The average Bonchev–Trinajstić information content (AvgIpc) is 3.12. The number of amides is 1. The number of carboxylic acids is 1. The second-order valence-electron chi connectivity index (χ2n) is 5.06. The summed E-state index contributed by atoms with van der Waals surface area (Å²) in [6, 6.07) is 16.1. The summed E-state index contributed by atoms with van der Waals surface area (Å²) in [5, 5.41) is 18.9. The molecule has 8 nitrogen and oxygen atoms in total. The summed E-state index contributed by atoms with van der Waals surface area (Å²) in [6.07, 6.45) is 0.632. The third-order valence-electron chi connectivity index (χ3n) is 3.31. The van der Waals surface area contributed by atoms with Crippen molar-refractivity contribution in [1.82, 2.24) is 15.0 Å². The molecule has 0 aliphatic rings. The Morgan fingerprint density at radius 3 is 2.52 bits per heavy atom. The molecule has 0 saturated carbocycles. The van der Waals surface area contributed by atoms with Gasteiger partial charge >= 0.3 is 12.1 Å². The number of hydrogen-bond donors (Lipinski definition) is 2. The molecule has 126 valence electrons. The minimum Gasteiger partial charge on any atom is -0.476 e. The van der Waals surface area contributed by atoms with Gasteiger partial charge in [0.2, 0.25) is 0 Å². The second kappa shape index (κ2) is 7.26. The van der Waals surface area contributed by atoms with E-state index in [0.717, 1.165) is 5.56 Å². The minimum absolute atomic E-state index is 0.140. The number of nitrogens with zero attached hydrogens (tertiary/aromatic N) is 3. The summed E-state index contributed by atoms with van der Waals surface area (Å²) >= 11 is 0. The van der Waals surface area contributed by atoms with Crippen LogP contribution in [0.4, 0.5) is 10.5 Å². The van der Waals surface area contributed by atoms with Crippen LogP contribution >= 0.6 is 0 Å². The predicted molar refractivity (Wildman–Crippen MR) is 88.6 cm³/mol. The van der Waals surface area contributed by atoms with E-state index in [4.69, 9.17) is 9.84 Å². The van der Waals surface area contributed by atoms with Crippen LogP contribution in [-0.2, 0) is 11.3 Å². The quantitative estimate of drug-likeness (QED) is 0.741. The van der Waals surface area contributed by atoms with Crippen molar-refractivity contribution in [1.29, 1.82) is 0 Å². The van der Waals surface area contributed by atoms with E-state index >= 15 is 0 Å². The van der Waals surface area contributed by atoms with Gasteiger partial charge in [-0.1, -0.05) is 47.7 Å². The van der Waals surface area contributed by atoms with E-state index in [9.17, 15) is 9.59 Å². The number of anilines is 1. The summed E-state index contributed by atoms with van der Waals surface area (Å²) < 4.78 is 6.45. The van der Waals surface area contributed by atoms with Crippen LogP contribution in [-0.4, -0.2) is 32.2 Å². The lowest BCUT2D eigenvalue weighted by atomic mass is 10.2. The number of carbonyl (C=O) groups excluding carboxylic acids is 1. The lowest BCUT2D eigenvalue weighted by Crippen LogP contribution is -2.15. The molecule has 0 saturated heterocycles. The Bertz CT molecular complexity index is 892. The fraction of sp³-hybridized carbons (Fsp3) is 0.0588. The van der Waals surface area contributed by atoms with Crippen LogP contribution in [0, 0.1) is 0 Å². The number of ether oxygens (including phenoxy) is 1. The number of benzene rings is 2. The molecule has 2 N–H and O–H groups in total. The highest BCUT2D eigenvalue weighted by atomic mass is 16.5. The molecule has 0 bridgehead atoms. The summed E-state index contributed by atoms with van der Waals surface area (Å²) in [7, 11) is 0. The Balaban J connectivity index is 1.72. The SMILES string of the molecule is O=C(Nc1ccccc1-n1cc(C(=O)O)nn1)OCc1ccccc1. The molecule has 1 amide bonds. The standard InChI is InChI=1S/C17H14N4O4/c22-16(23)14-10-21(20-19-14)15-9-5-4-8-13(15)18-17(24)25-11-12-6-2-1-3-7-12/h1-10H,11H2,(H,18,24)(H,22,23). The second-order valence-corrected chi connectivity index (χ2v) is 5.06. The molecule has 3 aromatic rings.